The molecule has 5 nitrogen and oxygen atoms in total. The summed E-state index contributed by atoms with van der Waals surface area (Å²) in [6.07, 6.45) is 0.944. The number of nitrogen functional groups attached to an aromatic ring is 1. The Morgan fingerprint density at radius 3 is 2.65 bits per heavy atom. The number of hydrogen-bond donors (Lipinski definition) is 2. The topological polar surface area (TPSA) is 67.6 Å². The second-order valence-electron chi connectivity index (χ2n) is 4.59. The van der Waals surface area contributed by atoms with Crippen molar-refractivity contribution in [3.8, 4) is 5.75 Å². The van der Waals surface area contributed by atoms with Crippen molar-refractivity contribution < 1.29 is 9.53 Å². The highest BCUT2D eigenvalue weighted by atomic mass is 16.5. The molecule has 1 amide bonds. The number of benzene rings is 1. The predicted molar refractivity (Wildman–Crippen MR) is 82.1 cm³/mol. The molecule has 0 aliphatic heterocycles. The number of rotatable bonds is 8. The van der Waals surface area contributed by atoms with Crippen LogP contribution in [0.25, 0.3) is 0 Å². The van der Waals surface area contributed by atoms with Crippen LogP contribution >= 0.6 is 0 Å². The van der Waals surface area contributed by atoms with Gasteiger partial charge in [0.15, 0.2) is 0 Å². The molecular formula is C15H25N3O2. The predicted octanol–water partition coefficient (Wildman–Crippen LogP) is 1.74. The molecular weight excluding hydrogens is 254 g/mol. The Bertz CT molecular complexity index is 431. The van der Waals surface area contributed by atoms with Crippen molar-refractivity contribution in [2.45, 2.75) is 20.3 Å². The number of amides is 1. The summed E-state index contributed by atoms with van der Waals surface area (Å²) in [5, 5.41) is 2.91. The molecule has 3 N–H and O–H groups in total. The lowest BCUT2D eigenvalue weighted by molar-refractivity contribution is 0.0951. The van der Waals surface area contributed by atoms with Gasteiger partial charge in [0.25, 0.3) is 5.91 Å². The average Bonchev–Trinajstić information content (AvgIpc) is 2.47. The summed E-state index contributed by atoms with van der Waals surface area (Å²) in [4.78, 5) is 14.3. The number of nitrogens with zero attached hydrogens (tertiary/aromatic N) is 1. The van der Waals surface area contributed by atoms with Gasteiger partial charge in [-0.1, -0.05) is 13.8 Å². The van der Waals surface area contributed by atoms with Gasteiger partial charge in [-0.05, 0) is 44.3 Å². The minimum Gasteiger partial charge on any atom is -0.495 e. The summed E-state index contributed by atoms with van der Waals surface area (Å²) in [5.74, 6) is 0.434. The van der Waals surface area contributed by atoms with E-state index in [1.54, 1.807) is 18.2 Å². The Morgan fingerprint density at radius 1 is 1.35 bits per heavy atom. The zero-order chi connectivity index (χ0) is 15.0. The van der Waals surface area contributed by atoms with Crippen molar-refractivity contribution >= 4 is 11.6 Å². The Kier molecular flexibility index (Phi) is 6.87. The van der Waals surface area contributed by atoms with Crippen LogP contribution in [0.5, 0.6) is 5.75 Å². The molecule has 0 spiro atoms. The van der Waals surface area contributed by atoms with Gasteiger partial charge < -0.3 is 20.7 Å². The summed E-state index contributed by atoms with van der Waals surface area (Å²) in [6, 6.07) is 5.05. The summed E-state index contributed by atoms with van der Waals surface area (Å²) >= 11 is 0. The number of carbonyl (C=O) groups excluding carboxylic acids is 1. The van der Waals surface area contributed by atoms with Gasteiger partial charge in [-0.15, -0.1) is 0 Å². The summed E-state index contributed by atoms with van der Waals surface area (Å²) in [5.41, 5.74) is 6.82. The lowest BCUT2D eigenvalue weighted by Gasteiger charge is -2.17. The van der Waals surface area contributed by atoms with Gasteiger partial charge in [0.1, 0.15) is 5.75 Å². The van der Waals surface area contributed by atoms with E-state index in [0.717, 1.165) is 26.1 Å². The van der Waals surface area contributed by atoms with E-state index in [4.69, 9.17) is 10.5 Å². The number of methoxy groups -OCH3 is 1. The zero-order valence-electron chi connectivity index (χ0n) is 12.6. The van der Waals surface area contributed by atoms with Gasteiger partial charge >= 0.3 is 0 Å². The first-order chi connectivity index (χ1) is 9.62. The fraction of sp³-hybridized carbons (Fsp3) is 0.533. The second kappa shape index (κ2) is 8.43. The van der Waals surface area contributed by atoms with E-state index >= 15 is 0 Å². The standard InChI is InChI=1S/C15H25N3O2/c1-4-18(5-2)10-6-9-17-15(19)12-7-8-13(16)14(11-12)20-3/h7-8,11H,4-6,9-10,16H2,1-3H3,(H,17,19). The minimum absolute atomic E-state index is 0.0946. The Hall–Kier alpha value is -1.75. The first kappa shape index (κ1) is 16.3. The Balaban J connectivity index is 2.43. The molecule has 20 heavy (non-hydrogen) atoms. The quantitative estimate of drug-likeness (QED) is 0.562. The SMILES string of the molecule is CCN(CC)CCCNC(=O)c1ccc(N)c(OC)c1. The highest BCUT2D eigenvalue weighted by Crippen LogP contribution is 2.21. The third-order valence-electron chi connectivity index (χ3n) is 3.33. The van der Waals surface area contributed by atoms with E-state index in [-0.39, 0.29) is 5.91 Å². The average molecular weight is 279 g/mol. The van der Waals surface area contributed by atoms with Gasteiger partial charge in [-0.25, -0.2) is 0 Å². The molecule has 5 heteroatoms. The number of ether oxygens (including phenoxy) is 1. The van der Waals surface area contributed by atoms with Gasteiger partial charge in [-0.2, -0.15) is 0 Å². The van der Waals surface area contributed by atoms with E-state index < -0.39 is 0 Å². The van der Waals surface area contributed by atoms with Crippen molar-refractivity contribution in [3.05, 3.63) is 23.8 Å². The summed E-state index contributed by atoms with van der Waals surface area (Å²) in [7, 11) is 1.54. The van der Waals surface area contributed by atoms with Crippen LogP contribution in [-0.2, 0) is 0 Å². The maximum Gasteiger partial charge on any atom is 0.251 e. The van der Waals surface area contributed by atoms with Crippen LogP contribution in [0.1, 0.15) is 30.6 Å². The molecule has 0 saturated heterocycles. The molecule has 0 bridgehead atoms. The van der Waals surface area contributed by atoms with Crippen LogP contribution in [0, 0.1) is 0 Å². The van der Waals surface area contributed by atoms with Gasteiger partial charge in [0.2, 0.25) is 0 Å². The highest BCUT2D eigenvalue weighted by molar-refractivity contribution is 5.95. The van der Waals surface area contributed by atoms with Crippen LogP contribution in [-0.4, -0.2) is 44.1 Å². The molecule has 1 rings (SSSR count). The molecule has 112 valence electrons. The number of hydrogen-bond acceptors (Lipinski definition) is 4. The van der Waals surface area contributed by atoms with Crippen LogP contribution in [0.4, 0.5) is 5.69 Å². The van der Waals surface area contributed by atoms with E-state index in [1.807, 2.05) is 0 Å². The Morgan fingerprint density at radius 2 is 2.05 bits per heavy atom. The molecule has 0 atom stereocenters. The van der Waals surface area contributed by atoms with Crippen molar-refractivity contribution in [2.24, 2.45) is 0 Å². The molecule has 0 aliphatic rings. The van der Waals surface area contributed by atoms with Gasteiger partial charge in [-0.3, -0.25) is 4.79 Å². The third kappa shape index (κ3) is 4.74. The Labute approximate surface area is 121 Å². The van der Waals surface area contributed by atoms with Crippen LogP contribution < -0.4 is 15.8 Å². The van der Waals surface area contributed by atoms with E-state index in [0.29, 0.717) is 23.5 Å². The molecule has 1 aromatic rings. The maximum atomic E-state index is 12.0. The third-order valence-corrected chi connectivity index (χ3v) is 3.33. The lowest BCUT2D eigenvalue weighted by Crippen LogP contribution is -2.29. The van der Waals surface area contributed by atoms with E-state index in [1.165, 1.54) is 7.11 Å². The van der Waals surface area contributed by atoms with E-state index in [9.17, 15) is 4.79 Å². The lowest BCUT2D eigenvalue weighted by atomic mass is 10.1. The summed E-state index contributed by atoms with van der Waals surface area (Å²) < 4.78 is 5.11. The first-order valence-corrected chi connectivity index (χ1v) is 7.06. The number of nitrogens with two attached hydrogens (primary N) is 1. The smallest absolute Gasteiger partial charge is 0.251 e. The highest BCUT2D eigenvalue weighted by Gasteiger charge is 2.08. The van der Waals surface area contributed by atoms with Crippen LogP contribution in [0.15, 0.2) is 18.2 Å². The fourth-order valence-corrected chi connectivity index (χ4v) is 2.00. The number of nitrogens with one attached hydrogen (secondary N) is 1. The maximum absolute atomic E-state index is 12.0. The van der Waals surface area contributed by atoms with Gasteiger partial charge in [0, 0.05) is 12.1 Å². The molecule has 0 aliphatic carbocycles. The zero-order valence-corrected chi connectivity index (χ0v) is 12.6. The van der Waals surface area contributed by atoms with Crippen LogP contribution in [0.3, 0.4) is 0 Å². The largest absolute Gasteiger partial charge is 0.495 e. The molecule has 0 radical (unpaired) electrons. The number of anilines is 1. The fourth-order valence-electron chi connectivity index (χ4n) is 2.00. The monoisotopic (exact) mass is 279 g/mol. The van der Waals surface area contributed by atoms with Crippen molar-refractivity contribution in [1.82, 2.24) is 10.2 Å². The molecule has 0 aromatic heterocycles. The number of carbonyl (C=O) groups is 1. The minimum atomic E-state index is -0.0946. The molecule has 1 aromatic carbocycles. The van der Waals surface area contributed by atoms with Gasteiger partial charge in [0.05, 0.1) is 12.8 Å². The second-order valence-corrected chi connectivity index (χ2v) is 4.59. The van der Waals surface area contributed by atoms with Crippen LogP contribution in [0.2, 0.25) is 0 Å². The molecule has 0 heterocycles. The van der Waals surface area contributed by atoms with Crippen molar-refractivity contribution in [1.29, 1.82) is 0 Å². The summed E-state index contributed by atoms with van der Waals surface area (Å²) in [6.45, 7) is 8.03. The van der Waals surface area contributed by atoms with Crippen molar-refractivity contribution in [3.63, 3.8) is 0 Å². The van der Waals surface area contributed by atoms with E-state index in [2.05, 4.69) is 24.1 Å². The molecule has 0 unspecified atom stereocenters. The molecule has 0 saturated carbocycles. The normalized spacial score (nSPS) is 10.6. The molecule has 0 fully saturated rings. The first-order valence-electron chi connectivity index (χ1n) is 7.06. The van der Waals surface area contributed by atoms with Crippen molar-refractivity contribution in [2.75, 3.05) is 39.0 Å².